The molecule has 0 spiro atoms. The fourth-order valence-corrected chi connectivity index (χ4v) is 2.95. The first-order valence-electron chi connectivity index (χ1n) is 7.42. The summed E-state index contributed by atoms with van der Waals surface area (Å²) in [7, 11) is -3.75. The molecule has 1 N–H and O–H groups in total. The normalized spacial score (nSPS) is 11.8. The Bertz CT molecular complexity index is 1010. The smallest absolute Gasteiger partial charge is 0.276 e. The van der Waals surface area contributed by atoms with Crippen LogP contribution in [-0.2, 0) is 10.0 Å². The number of nitrogens with one attached hydrogen (secondary N) is 1. The molecule has 3 rings (SSSR count). The Hall–Kier alpha value is -2.93. The van der Waals surface area contributed by atoms with Gasteiger partial charge in [0.2, 0.25) is 0 Å². The molecule has 0 unspecified atom stereocenters. The summed E-state index contributed by atoms with van der Waals surface area (Å²) in [5, 5.41) is 3.69. The van der Waals surface area contributed by atoms with Crippen LogP contribution in [0.25, 0.3) is 11.3 Å². The molecule has 2 aromatic carbocycles. The fraction of sp³-hybridized carbons (Fsp3) is 0.0556. The molecule has 7 heteroatoms. The summed E-state index contributed by atoms with van der Waals surface area (Å²) in [5.41, 5.74) is 1.28. The van der Waals surface area contributed by atoms with E-state index in [0.717, 1.165) is 5.56 Å². The highest BCUT2D eigenvalue weighted by Gasteiger charge is 2.12. The third-order valence-corrected chi connectivity index (χ3v) is 4.70. The van der Waals surface area contributed by atoms with E-state index in [0.29, 0.717) is 17.1 Å². The highest BCUT2D eigenvalue weighted by atomic mass is 32.2. The molecular weight excluding hydrogens is 343 g/mol. The minimum Gasteiger partial charge on any atom is -0.455 e. The number of rotatable bonds is 5. The standard InChI is InChI=1S/C18H15FN2O3S/c1-13-6-9-15(10-7-13)25(22,23)21-20-12-14-8-11-18(24-14)16-4-2-3-5-17(16)19/h2-12,21H,1H3/b20-12-. The first-order chi connectivity index (χ1) is 12.0. The van der Waals surface area contributed by atoms with Gasteiger partial charge in [0.15, 0.2) is 0 Å². The Morgan fingerprint density at radius 3 is 2.48 bits per heavy atom. The van der Waals surface area contributed by atoms with Crippen molar-refractivity contribution in [3.63, 3.8) is 0 Å². The van der Waals surface area contributed by atoms with Gasteiger partial charge in [0, 0.05) is 0 Å². The topological polar surface area (TPSA) is 71.7 Å². The number of nitrogens with zero attached hydrogens (tertiary/aromatic N) is 1. The fourth-order valence-electron chi connectivity index (χ4n) is 2.16. The number of hydrazone groups is 1. The minimum atomic E-state index is -3.75. The molecule has 1 heterocycles. The predicted octanol–water partition coefficient (Wildman–Crippen LogP) is 3.71. The maximum absolute atomic E-state index is 13.7. The number of aryl methyl sites for hydroxylation is 1. The van der Waals surface area contributed by atoms with Crippen molar-refractivity contribution in [2.75, 3.05) is 0 Å². The zero-order valence-electron chi connectivity index (χ0n) is 13.3. The summed E-state index contributed by atoms with van der Waals surface area (Å²) in [6, 6.07) is 15.8. The molecule has 1 aromatic heterocycles. The molecule has 0 bridgehead atoms. The van der Waals surface area contributed by atoms with Crippen molar-refractivity contribution < 1.29 is 17.2 Å². The van der Waals surface area contributed by atoms with E-state index in [4.69, 9.17) is 4.42 Å². The SMILES string of the molecule is Cc1ccc(S(=O)(=O)N/N=C\c2ccc(-c3ccccc3F)o2)cc1. The maximum Gasteiger partial charge on any atom is 0.276 e. The average Bonchev–Trinajstić information content (AvgIpc) is 3.04. The molecule has 0 amide bonds. The van der Waals surface area contributed by atoms with Crippen LogP contribution in [0.15, 0.2) is 75.1 Å². The van der Waals surface area contributed by atoms with E-state index < -0.39 is 15.8 Å². The lowest BCUT2D eigenvalue weighted by Gasteiger charge is -2.03. The van der Waals surface area contributed by atoms with Gasteiger partial charge in [0.25, 0.3) is 10.0 Å². The molecule has 0 saturated carbocycles. The van der Waals surface area contributed by atoms with Crippen LogP contribution in [0, 0.1) is 12.7 Å². The van der Waals surface area contributed by atoms with Gasteiger partial charge in [-0.1, -0.05) is 29.8 Å². The van der Waals surface area contributed by atoms with Crippen molar-refractivity contribution in [3.05, 3.63) is 77.8 Å². The van der Waals surface area contributed by atoms with E-state index in [9.17, 15) is 12.8 Å². The zero-order valence-corrected chi connectivity index (χ0v) is 14.1. The van der Waals surface area contributed by atoms with Gasteiger partial charge in [-0.25, -0.2) is 4.39 Å². The summed E-state index contributed by atoms with van der Waals surface area (Å²) in [6.07, 6.45) is 1.22. The van der Waals surface area contributed by atoms with Gasteiger partial charge in [0.05, 0.1) is 16.7 Å². The van der Waals surface area contributed by atoms with Gasteiger partial charge < -0.3 is 4.42 Å². The molecule has 5 nitrogen and oxygen atoms in total. The second-order valence-electron chi connectivity index (χ2n) is 5.35. The number of halogens is 1. The van der Waals surface area contributed by atoms with Crippen molar-refractivity contribution in [3.8, 4) is 11.3 Å². The summed E-state index contributed by atoms with van der Waals surface area (Å²) in [5.74, 6) is 0.228. The Kier molecular flexibility index (Phi) is 4.67. The second kappa shape index (κ2) is 6.90. The summed E-state index contributed by atoms with van der Waals surface area (Å²) in [6.45, 7) is 1.87. The largest absolute Gasteiger partial charge is 0.455 e. The lowest BCUT2D eigenvalue weighted by Crippen LogP contribution is -2.18. The van der Waals surface area contributed by atoms with E-state index in [1.54, 1.807) is 42.5 Å². The van der Waals surface area contributed by atoms with Gasteiger partial charge in [0.1, 0.15) is 17.3 Å². The lowest BCUT2D eigenvalue weighted by molar-refractivity contribution is 0.563. The first-order valence-corrected chi connectivity index (χ1v) is 8.90. The van der Waals surface area contributed by atoms with Crippen LogP contribution >= 0.6 is 0 Å². The van der Waals surface area contributed by atoms with Gasteiger partial charge in [-0.3, -0.25) is 0 Å². The van der Waals surface area contributed by atoms with Crippen LogP contribution in [0.4, 0.5) is 4.39 Å². The Morgan fingerprint density at radius 2 is 1.76 bits per heavy atom. The van der Waals surface area contributed by atoms with Crippen LogP contribution in [0.5, 0.6) is 0 Å². The number of furan rings is 1. The van der Waals surface area contributed by atoms with Crippen molar-refractivity contribution in [1.82, 2.24) is 4.83 Å². The highest BCUT2D eigenvalue weighted by molar-refractivity contribution is 7.89. The molecule has 0 aliphatic carbocycles. The number of hydrogen-bond donors (Lipinski definition) is 1. The quantitative estimate of drug-likeness (QED) is 0.558. The summed E-state index contributed by atoms with van der Waals surface area (Å²) >= 11 is 0. The zero-order chi connectivity index (χ0) is 17.9. The van der Waals surface area contributed by atoms with E-state index in [2.05, 4.69) is 9.93 Å². The minimum absolute atomic E-state index is 0.113. The third kappa shape index (κ3) is 3.95. The van der Waals surface area contributed by atoms with Crippen molar-refractivity contribution in [1.29, 1.82) is 0 Å². The lowest BCUT2D eigenvalue weighted by atomic mass is 10.1. The van der Waals surface area contributed by atoms with Gasteiger partial charge in [-0.05, 0) is 43.3 Å². The molecule has 0 aliphatic heterocycles. The monoisotopic (exact) mass is 358 g/mol. The van der Waals surface area contributed by atoms with E-state index >= 15 is 0 Å². The van der Waals surface area contributed by atoms with Crippen molar-refractivity contribution >= 4 is 16.2 Å². The van der Waals surface area contributed by atoms with Gasteiger partial charge in [-0.2, -0.15) is 18.4 Å². The molecule has 128 valence electrons. The number of benzene rings is 2. The first kappa shape index (κ1) is 16.9. The van der Waals surface area contributed by atoms with E-state index in [1.165, 1.54) is 24.4 Å². The van der Waals surface area contributed by atoms with E-state index in [-0.39, 0.29) is 4.90 Å². The van der Waals surface area contributed by atoms with Crippen LogP contribution in [-0.4, -0.2) is 14.6 Å². The van der Waals surface area contributed by atoms with Crippen LogP contribution in [0.1, 0.15) is 11.3 Å². The highest BCUT2D eigenvalue weighted by Crippen LogP contribution is 2.24. The molecular formula is C18H15FN2O3S. The van der Waals surface area contributed by atoms with Crippen LogP contribution in [0.3, 0.4) is 0 Å². The molecule has 0 saturated heterocycles. The predicted molar refractivity (Wildman–Crippen MR) is 93.2 cm³/mol. The third-order valence-electron chi connectivity index (χ3n) is 3.46. The molecule has 0 fully saturated rings. The van der Waals surface area contributed by atoms with Crippen molar-refractivity contribution in [2.24, 2.45) is 5.10 Å². The molecule has 3 aromatic rings. The molecule has 0 aliphatic rings. The van der Waals surface area contributed by atoms with E-state index in [1.807, 2.05) is 6.92 Å². The molecule has 0 atom stereocenters. The molecule has 25 heavy (non-hydrogen) atoms. The average molecular weight is 358 g/mol. The Balaban J connectivity index is 1.73. The second-order valence-corrected chi connectivity index (χ2v) is 7.01. The van der Waals surface area contributed by atoms with Crippen molar-refractivity contribution in [2.45, 2.75) is 11.8 Å². The Labute approximate surface area is 144 Å². The summed E-state index contributed by atoms with van der Waals surface area (Å²) < 4.78 is 43.4. The van der Waals surface area contributed by atoms with Gasteiger partial charge >= 0.3 is 0 Å². The summed E-state index contributed by atoms with van der Waals surface area (Å²) in [4.78, 5) is 2.22. The van der Waals surface area contributed by atoms with Gasteiger partial charge in [-0.15, -0.1) is 0 Å². The molecule has 0 radical (unpaired) electrons. The Morgan fingerprint density at radius 1 is 1.04 bits per heavy atom. The van der Waals surface area contributed by atoms with Crippen LogP contribution < -0.4 is 4.83 Å². The number of hydrogen-bond acceptors (Lipinski definition) is 4. The maximum atomic E-state index is 13.7. The number of sulfonamides is 1. The van der Waals surface area contributed by atoms with Crippen LogP contribution in [0.2, 0.25) is 0 Å².